The molecule has 0 aromatic rings. The zero-order chi connectivity index (χ0) is 19.7. The number of rotatable bonds is 5. The van der Waals surface area contributed by atoms with E-state index in [1.807, 2.05) is 0 Å². The highest BCUT2D eigenvalue weighted by Gasteiger charge is 2.42. The molecule has 156 valence electrons. The molecular formula is C20H38N4O2S. The molecule has 6 nitrogen and oxygen atoms in total. The van der Waals surface area contributed by atoms with Crippen molar-refractivity contribution in [2.24, 2.45) is 16.8 Å². The summed E-state index contributed by atoms with van der Waals surface area (Å²) >= 11 is 0. The van der Waals surface area contributed by atoms with Gasteiger partial charge in [0.05, 0.1) is 17.0 Å². The van der Waals surface area contributed by atoms with Gasteiger partial charge in [-0.25, -0.2) is 8.42 Å². The summed E-state index contributed by atoms with van der Waals surface area (Å²) in [5.74, 6) is 2.90. The number of aliphatic imine (C=N–C) groups is 1. The molecule has 2 aliphatic carbocycles. The molecule has 3 rings (SSSR count). The zero-order valence-corrected chi connectivity index (χ0v) is 18.4. The van der Waals surface area contributed by atoms with Crippen LogP contribution in [-0.4, -0.2) is 80.0 Å². The molecule has 3 atom stereocenters. The molecule has 27 heavy (non-hydrogen) atoms. The third-order valence-corrected chi connectivity index (χ3v) is 9.26. The lowest BCUT2D eigenvalue weighted by Crippen LogP contribution is -2.55. The van der Waals surface area contributed by atoms with Crippen LogP contribution in [-0.2, 0) is 9.84 Å². The first-order valence-electron chi connectivity index (χ1n) is 10.7. The van der Waals surface area contributed by atoms with Crippen molar-refractivity contribution in [3.05, 3.63) is 0 Å². The summed E-state index contributed by atoms with van der Waals surface area (Å²) < 4.78 is 23.9. The van der Waals surface area contributed by atoms with Crippen LogP contribution in [0.4, 0.5) is 0 Å². The topological polar surface area (TPSA) is 65.0 Å². The monoisotopic (exact) mass is 398 g/mol. The number of piperazine rings is 1. The Labute approximate surface area is 165 Å². The van der Waals surface area contributed by atoms with E-state index in [0.717, 1.165) is 56.6 Å². The van der Waals surface area contributed by atoms with Crippen LogP contribution < -0.4 is 5.32 Å². The molecule has 0 spiro atoms. The normalized spacial score (nSPS) is 30.1. The molecule has 3 fully saturated rings. The van der Waals surface area contributed by atoms with Gasteiger partial charge in [-0.05, 0) is 58.8 Å². The Hall–Kier alpha value is -0.820. The number of nitrogens with zero attached hydrogens (tertiary/aromatic N) is 3. The van der Waals surface area contributed by atoms with Crippen molar-refractivity contribution in [3.63, 3.8) is 0 Å². The van der Waals surface area contributed by atoms with Gasteiger partial charge in [0.15, 0.2) is 15.8 Å². The van der Waals surface area contributed by atoms with E-state index in [9.17, 15) is 8.42 Å². The summed E-state index contributed by atoms with van der Waals surface area (Å²) in [5, 5.41) is 3.35. The number of nitrogens with one attached hydrogen (secondary N) is 1. The maximum absolute atomic E-state index is 12.3. The largest absolute Gasteiger partial charge is 0.357 e. The number of guanidine groups is 1. The van der Waals surface area contributed by atoms with Gasteiger partial charge in [0.2, 0.25) is 0 Å². The van der Waals surface area contributed by atoms with E-state index in [0.29, 0.717) is 6.54 Å². The van der Waals surface area contributed by atoms with Gasteiger partial charge < -0.3 is 10.2 Å². The van der Waals surface area contributed by atoms with Crippen LogP contribution in [0.25, 0.3) is 0 Å². The molecule has 0 aromatic carbocycles. The Balaban J connectivity index is 1.53. The molecular weight excluding hydrogens is 360 g/mol. The second-order valence-electron chi connectivity index (χ2n) is 9.43. The molecule has 2 saturated carbocycles. The predicted molar refractivity (Wildman–Crippen MR) is 112 cm³/mol. The van der Waals surface area contributed by atoms with Crippen molar-refractivity contribution in [1.29, 1.82) is 0 Å². The van der Waals surface area contributed by atoms with Crippen molar-refractivity contribution in [2.75, 3.05) is 45.0 Å². The third kappa shape index (κ3) is 4.78. The van der Waals surface area contributed by atoms with Gasteiger partial charge in [0.25, 0.3) is 0 Å². The summed E-state index contributed by atoms with van der Waals surface area (Å²) in [6.45, 7) is 12.6. The van der Waals surface area contributed by atoms with Crippen LogP contribution in [0.2, 0.25) is 0 Å². The fraction of sp³-hybridized carbons (Fsp3) is 0.950. The first kappa shape index (κ1) is 20.9. The summed E-state index contributed by atoms with van der Waals surface area (Å²) in [5.41, 5.74) is 0. The van der Waals surface area contributed by atoms with Gasteiger partial charge in [-0.1, -0.05) is 6.42 Å². The fourth-order valence-corrected chi connectivity index (χ4v) is 5.87. The zero-order valence-electron chi connectivity index (χ0n) is 17.6. The van der Waals surface area contributed by atoms with Crippen molar-refractivity contribution in [1.82, 2.24) is 15.1 Å². The van der Waals surface area contributed by atoms with Gasteiger partial charge >= 0.3 is 0 Å². The quantitative estimate of drug-likeness (QED) is 0.567. The van der Waals surface area contributed by atoms with Crippen LogP contribution in [0.15, 0.2) is 4.99 Å². The first-order chi connectivity index (χ1) is 12.7. The van der Waals surface area contributed by atoms with Gasteiger partial charge in [0.1, 0.15) is 0 Å². The lowest BCUT2D eigenvalue weighted by Gasteiger charge is -2.42. The smallest absolute Gasteiger partial charge is 0.194 e. The predicted octanol–water partition coefficient (Wildman–Crippen LogP) is 1.97. The number of sulfone groups is 1. The minimum Gasteiger partial charge on any atom is -0.357 e. The number of fused-ring (bicyclic) bond motifs is 2. The highest BCUT2D eigenvalue weighted by molar-refractivity contribution is 7.92. The second-order valence-corrected chi connectivity index (χ2v) is 12.3. The fourth-order valence-electron chi connectivity index (χ4n) is 4.93. The van der Waals surface area contributed by atoms with Gasteiger partial charge in [-0.3, -0.25) is 9.89 Å². The average molecular weight is 399 g/mol. The average Bonchev–Trinajstić information content (AvgIpc) is 3.23. The van der Waals surface area contributed by atoms with Crippen LogP contribution in [0.5, 0.6) is 0 Å². The Morgan fingerprint density at radius 3 is 2.33 bits per heavy atom. The molecule has 3 aliphatic rings. The minimum absolute atomic E-state index is 0.108. The molecule has 3 unspecified atom stereocenters. The Bertz CT molecular complexity index is 633. The van der Waals surface area contributed by atoms with Crippen LogP contribution in [0.1, 0.15) is 53.4 Å². The van der Waals surface area contributed by atoms with E-state index < -0.39 is 14.6 Å². The van der Waals surface area contributed by atoms with Crippen molar-refractivity contribution in [2.45, 2.75) is 64.2 Å². The van der Waals surface area contributed by atoms with E-state index in [1.165, 1.54) is 25.7 Å². The number of hydrogen-bond donors (Lipinski definition) is 1. The maximum Gasteiger partial charge on any atom is 0.194 e. The summed E-state index contributed by atoms with van der Waals surface area (Å²) in [7, 11) is -3.13. The molecule has 7 heteroatoms. The molecule has 1 N–H and O–H groups in total. The van der Waals surface area contributed by atoms with E-state index in [2.05, 4.69) is 27.0 Å². The molecule has 1 saturated heterocycles. The van der Waals surface area contributed by atoms with Gasteiger partial charge in [0, 0.05) is 38.8 Å². The van der Waals surface area contributed by atoms with Crippen LogP contribution in [0.3, 0.4) is 0 Å². The molecule has 2 bridgehead atoms. The number of hydrogen-bond acceptors (Lipinski definition) is 4. The Kier molecular flexibility index (Phi) is 6.41. The summed E-state index contributed by atoms with van der Waals surface area (Å²) in [4.78, 5) is 9.64. The Morgan fingerprint density at radius 2 is 1.81 bits per heavy atom. The van der Waals surface area contributed by atoms with Crippen LogP contribution >= 0.6 is 0 Å². The van der Waals surface area contributed by atoms with E-state index in [-0.39, 0.29) is 5.75 Å². The van der Waals surface area contributed by atoms with Crippen molar-refractivity contribution >= 4 is 15.8 Å². The third-order valence-electron chi connectivity index (χ3n) is 6.67. The van der Waals surface area contributed by atoms with E-state index >= 15 is 0 Å². The first-order valence-corrected chi connectivity index (χ1v) is 12.4. The SMILES string of the molecule is CCNC(=NCCS(=O)(=O)C(C)(C)C)N1CCN(C2CC3CCC2C3)CC1. The van der Waals surface area contributed by atoms with Crippen molar-refractivity contribution < 1.29 is 8.42 Å². The highest BCUT2D eigenvalue weighted by atomic mass is 32.2. The lowest BCUT2D eigenvalue weighted by molar-refractivity contribution is 0.0958. The van der Waals surface area contributed by atoms with Crippen molar-refractivity contribution in [3.8, 4) is 0 Å². The van der Waals surface area contributed by atoms with E-state index in [1.54, 1.807) is 20.8 Å². The molecule has 1 aliphatic heterocycles. The summed E-state index contributed by atoms with van der Waals surface area (Å²) in [6.07, 6.45) is 5.75. The lowest BCUT2D eigenvalue weighted by atomic mass is 9.93. The molecule has 0 aromatic heterocycles. The molecule has 0 amide bonds. The maximum atomic E-state index is 12.3. The van der Waals surface area contributed by atoms with Crippen LogP contribution in [0, 0.1) is 11.8 Å². The second kappa shape index (κ2) is 8.27. The molecule has 1 heterocycles. The van der Waals surface area contributed by atoms with E-state index in [4.69, 9.17) is 0 Å². The van der Waals surface area contributed by atoms with Gasteiger partial charge in [-0.2, -0.15) is 0 Å². The highest BCUT2D eigenvalue weighted by Crippen LogP contribution is 2.46. The summed E-state index contributed by atoms with van der Waals surface area (Å²) in [6, 6.07) is 0.808. The Morgan fingerprint density at radius 1 is 1.11 bits per heavy atom. The standard InChI is InChI=1S/C20H38N4O2S/c1-5-21-19(22-8-13-27(25,26)20(2,3)4)24-11-9-23(10-12-24)18-15-16-6-7-17(18)14-16/h16-18H,5-15H2,1-4H3,(H,21,22). The molecule has 0 radical (unpaired) electrons. The minimum atomic E-state index is -3.13. The van der Waals surface area contributed by atoms with Gasteiger partial charge in [-0.15, -0.1) is 0 Å².